The summed E-state index contributed by atoms with van der Waals surface area (Å²) >= 11 is 0. The van der Waals surface area contributed by atoms with Crippen LogP contribution in [0.25, 0.3) is 0 Å². The van der Waals surface area contributed by atoms with Gasteiger partial charge in [-0.15, -0.1) is 0 Å². The third kappa shape index (κ3) is 4.14. The first kappa shape index (κ1) is 18.4. The van der Waals surface area contributed by atoms with E-state index in [0.29, 0.717) is 29.7 Å². The largest absolute Gasteiger partial charge is 0.336 e. The lowest BCUT2D eigenvalue weighted by molar-refractivity contribution is -0.114. The Morgan fingerprint density at radius 3 is 2.83 bits per heavy atom. The fourth-order valence-electron chi connectivity index (χ4n) is 3.36. The van der Waals surface area contributed by atoms with E-state index in [0.717, 1.165) is 24.2 Å². The molecule has 0 saturated heterocycles. The summed E-state index contributed by atoms with van der Waals surface area (Å²) in [6.07, 6.45) is 2.30. The molecule has 2 heterocycles. The van der Waals surface area contributed by atoms with Crippen LogP contribution in [-0.4, -0.2) is 27.4 Å². The van der Waals surface area contributed by atoms with Crippen LogP contribution in [0.5, 0.6) is 0 Å². The third-order valence-corrected chi connectivity index (χ3v) is 4.67. The SMILES string of the molecule is CC(=O)Nc1cccc(Nc2ncnc(N3CCc4cccc(C#N)c4C3)n2)c1. The van der Waals surface area contributed by atoms with E-state index in [9.17, 15) is 10.1 Å². The zero-order valence-electron chi connectivity index (χ0n) is 15.9. The van der Waals surface area contributed by atoms with Crippen LogP contribution in [0.1, 0.15) is 23.6 Å². The van der Waals surface area contributed by atoms with Crippen LogP contribution >= 0.6 is 0 Å². The number of nitrogens with zero attached hydrogens (tertiary/aromatic N) is 5. The Balaban J connectivity index is 1.54. The lowest BCUT2D eigenvalue weighted by Gasteiger charge is -2.29. The quantitative estimate of drug-likeness (QED) is 0.711. The van der Waals surface area contributed by atoms with Crippen molar-refractivity contribution in [2.24, 2.45) is 0 Å². The van der Waals surface area contributed by atoms with Crippen molar-refractivity contribution in [3.05, 3.63) is 65.5 Å². The van der Waals surface area contributed by atoms with Crippen LogP contribution in [0.4, 0.5) is 23.3 Å². The summed E-state index contributed by atoms with van der Waals surface area (Å²) in [6, 6.07) is 15.4. The van der Waals surface area contributed by atoms with Crippen molar-refractivity contribution in [2.75, 3.05) is 22.1 Å². The summed E-state index contributed by atoms with van der Waals surface area (Å²) in [4.78, 5) is 26.3. The van der Waals surface area contributed by atoms with Crippen molar-refractivity contribution >= 4 is 29.2 Å². The Labute approximate surface area is 168 Å². The molecule has 144 valence electrons. The van der Waals surface area contributed by atoms with Gasteiger partial charge in [-0.1, -0.05) is 18.2 Å². The number of benzene rings is 2. The Morgan fingerprint density at radius 1 is 1.17 bits per heavy atom. The Hall–Kier alpha value is -3.99. The lowest BCUT2D eigenvalue weighted by atomic mass is 9.95. The fraction of sp³-hybridized carbons (Fsp3) is 0.190. The van der Waals surface area contributed by atoms with E-state index in [2.05, 4.69) is 37.7 Å². The van der Waals surface area contributed by atoms with Crippen LogP contribution in [0.2, 0.25) is 0 Å². The molecule has 1 amide bonds. The Bertz CT molecular complexity index is 1110. The predicted molar refractivity (Wildman–Crippen MR) is 110 cm³/mol. The van der Waals surface area contributed by atoms with Crippen LogP contribution in [-0.2, 0) is 17.8 Å². The molecule has 0 radical (unpaired) electrons. The molecule has 1 aliphatic rings. The summed E-state index contributed by atoms with van der Waals surface area (Å²) in [7, 11) is 0. The number of nitriles is 1. The van der Waals surface area contributed by atoms with Gasteiger partial charge >= 0.3 is 0 Å². The molecular formula is C21H19N7O. The van der Waals surface area contributed by atoms with Gasteiger partial charge in [0.15, 0.2) is 0 Å². The van der Waals surface area contributed by atoms with Crippen LogP contribution in [0.15, 0.2) is 48.8 Å². The second-order valence-electron chi connectivity index (χ2n) is 6.72. The van der Waals surface area contributed by atoms with Gasteiger partial charge < -0.3 is 15.5 Å². The van der Waals surface area contributed by atoms with Crippen molar-refractivity contribution in [3.8, 4) is 6.07 Å². The zero-order valence-corrected chi connectivity index (χ0v) is 15.9. The van der Waals surface area contributed by atoms with E-state index < -0.39 is 0 Å². The third-order valence-electron chi connectivity index (χ3n) is 4.67. The lowest BCUT2D eigenvalue weighted by Crippen LogP contribution is -2.32. The summed E-state index contributed by atoms with van der Waals surface area (Å²) in [5.41, 5.74) is 4.36. The molecule has 0 atom stereocenters. The molecule has 0 aliphatic carbocycles. The number of fused-ring (bicyclic) bond motifs is 1. The van der Waals surface area contributed by atoms with Gasteiger partial charge in [0.05, 0.1) is 11.6 Å². The van der Waals surface area contributed by atoms with Gasteiger partial charge in [-0.25, -0.2) is 9.97 Å². The second-order valence-corrected chi connectivity index (χ2v) is 6.72. The molecule has 2 aromatic carbocycles. The average molecular weight is 385 g/mol. The molecule has 0 unspecified atom stereocenters. The molecule has 8 heteroatoms. The van der Waals surface area contributed by atoms with Gasteiger partial charge in [0.25, 0.3) is 0 Å². The van der Waals surface area contributed by atoms with Gasteiger partial charge in [-0.2, -0.15) is 10.2 Å². The van der Waals surface area contributed by atoms with Gasteiger partial charge in [-0.3, -0.25) is 4.79 Å². The van der Waals surface area contributed by atoms with Crippen molar-refractivity contribution in [1.29, 1.82) is 5.26 Å². The minimum Gasteiger partial charge on any atom is -0.336 e. The monoisotopic (exact) mass is 385 g/mol. The normalized spacial score (nSPS) is 12.6. The van der Waals surface area contributed by atoms with Gasteiger partial charge in [0.1, 0.15) is 6.33 Å². The van der Waals surface area contributed by atoms with E-state index in [1.54, 1.807) is 6.07 Å². The molecule has 1 aromatic heterocycles. The maximum absolute atomic E-state index is 11.2. The second kappa shape index (κ2) is 7.94. The molecule has 29 heavy (non-hydrogen) atoms. The van der Waals surface area contributed by atoms with E-state index in [4.69, 9.17) is 0 Å². The number of nitrogens with one attached hydrogen (secondary N) is 2. The predicted octanol–water partition coefficient (Wildman–Crippen LogP) is 3.01. The number of rotatable bonds is 4. The molecular weight excluding hydrogens is 366 g/mol. The summed E-state index contributed by atoms with van der Waals surface area (Å²) in [6.45, 7) is 2.82. The molecule has 8 nitrogen and oxygen atoms in total. The fourth-order valence-corrected chi connectivity index (χ4v) is 3.36. The van der Waals surface area contributed by atoms with Crippen LogP contribution < -0.4 is 15.5 Å². The molecule has 3 aromatic rings. The Kier molecular flexibility index (Phi) is 5.03. The van der Waals surface area contributed by atoms with Gasteiger partial charge in [-0.05, 0) is 41.8 Å². The topological polar surface area (TPSA) is 107 Å². The Morgan fingerprint density at radius 2 is 2.00 bits per heavy atom. The zero-order chi connectivity index (χ0) is 20.2. The highest BCUT2D eigenvalue weighted by Crippen LogP contribution is 2.25. The highest BCUT2D eigenvalue weighted by molar-refractivity contribution is 5.89. The number of hydrogen-bond donors (Lipinski definition) is 2. The van der Waals surface area contributed by atoms with Crippen LogP contribution in [0, 0.1) is 11.3 Å². The molecule has 0 fully saturated rings. The molecule has 0 spiro atoms. The minimum absolute atomic E-state index is 0.133. The molecule has 1 aliphatic heterocycles. The number of aromatic nitrogens is 3. The molecule has 4 rings (SSSR count). The number of anilines is 4. The number of hydrogen-bond acceptors (Lipinski definition) is 7. The van der Waals surface area contributed by atoms with Crippen LogP contribution in [0.3, 0.4) is 0 Å². The van der Waals surface area contributed by atoms with Crippen molar-refractivity contribution in [2.45, 2.75) is 19.9 Å². The van der Waals surface area contributed by atoms with E-state index in [1.165, 1.54) is 18.8 Å². The maximum Gasteiger partial charge on any atom is 0.232 e. The summed E-state index contributed by atoms with van der Waals surface area (Å²) in [5.74, 6) is 0.833. The van der Waals surface area contributed by atoms with E-state index >= 15 is 0 Å². The first-order valence-corrected chi connectivity index (χ1v) is 9.22. The van der Waals surface area contributed by atoms with Crippen molar-refractivity contribution < 1.29 is 4.79 Å². The number of amides is 1. The smallest absolute Gasteiger partial charge is 0.232 e. The average Bonchev–Trinajstić information content (AvgIpc) is 2.73. The highest BCUT2D eigenvalue weighted by atomic mass is 16.1. The highest BCUT2D eigenvalue weighted by Gasteiger charge is 2.21. The van der Waals surface area contributed by atoms with Crippen molar-refractivity contribution in [3.63, 3.8) is 0 Å². The molecule has 2 N–H and O–H groups in total. The number of carbonyl (C=O) groups is 1. The standard InChI is InChI=1S/C21H19N7O/c1-14(29)25-17-6-3-7-18(10-17)26-20-23-13-24-21(27-20)28-9-8-15-4-2-5-16(11-22)19(15)12-28/h2-7,10,13H,8-9,12H2,1H3,(H,25,29)(H,23,24,26,27). The maximum atomic E-state index is 11.2. The summed E-state index contributed by atoms with van der Waals surface area (Å²) < 4.78 is 0. The first-order valence-electron chi connectivity index (χ1n) is 9.22. The van der Waals surface area contributed by atoms with Gasteiger partial charge in [0.2, 0.25) is 17.8 Å². The summed E-state index contributed by atoms with van der Waals surface area (Å²) in [5, 5.41) is 15.3. The molecule has 0 bridgehead atoms. The van der Waals surface area contributed by atoms with E-state index in [-0.39, 0.29) is 5.91 Å². The van der Waals surface area contributed by atoms with E-state index in [1.807, 2.05) is 35.2 Å². The number of carbonyl (C=O) groups excluding carboxylic acids is 1. The molecule has 0 saturated carbocycles. The van der Waals surface area contributed by atoms with Crippen molar-refractivity contribution in [1.82, 2.24) is 15.0 Å². The van der Waals surface area contributed by atoms with Gasteiger partial charge in [0, 0.05) is 31.4 Å². The minimum atomic E-state index is -0.133. The first-order chi connectivity index (χ1) is 14.1.